The molecule has 0 atom stereocenters. The minimum Gasteiger partial charge on any atom is -0.486 e. The zero-order valence-corrected chi connectivity index (χ0v) is 12.5. The normalized spacial score (nSPS) is 13.0. The summed E-state index contributed by atoms with van der Waals surface area (Å²) >= 11 is 0. The van der Waals surface area contributed by atoms with Crippen LogP contribution in [0.2, 0.25) is 0 Å². The van der Waals surface area contributed by atoms with Crippen LogP contribution in [0.4, 0.5) is 0 Å². The Kier molecular flexibility index (Phi) is 4.91. The highest BCUT2D eigenvalue weighted by Gasteiger charge is 2.10. The van der Waals surface area contributed by atoms with Crippen LogP contribution in [-0.4, -0.2) is 19.1 Å². The lowest BCUT2D eigenvalue weighted by Gasteiger charge is -2.18. The molecular weight excluding hydrogens is 294 g/mol. The Balaban J connectivity index is 1.50. The summed E-state index contributed by atoms with van der Waals surface area (Å²) in [5, 5.41) is 0. The number of rotatable bonds is 5. The number of fused-ring (bicyclic) bond motifs is 1. The minimum absolute atomic E-state index is 0.323. The van der Waals surface area contributed by atoms with Crippen molar-refractivity contribution < 1.29 is 19.1 Å². The van der Waals surface area contributed by atoms with Crippen LogP contribution < -0.4 is 15.0 Å². The van der Waals surface area contributed by atoms with Crippen molar-refractivity contribution in [2.45, 2.75) is 6.61 Å². The predicted molar refractivity (Wildman–Crippen MR) is 85.8 cm³/mol. The van der Waals surface area contributed by atoms with E-state index in [1.54, 1.807) is 6.08 Å². The fourth-order valence-electron chi connectivity index (χ4n) is 2.13. The molecule has 1 heterocycles. The van der Waals surface area contributed by atoms with Gasteiger partial charge in [-0.15, -0.1) is 0 Å². The third-order valence-corrected chi connectivity index (χ3v) is 3.25. The minimum atomic E-state index is -0.323. The maximum absolute atomic E-state index is 11.7. The first-order valence-electron chi connectivity index (χ1n) is 7.35. The fraction of sp³-hybridized carbons (Fsp3) is 0.167. The van der Waals surface area contributed by atoms with Gasteiger partial charge in [-0.1, -0.05) is 36.4 Å². The highest BCUT2D eigenvalue weighted by Crippen LogP contribution is 2.30. The summed E-state index contributed by atoms with van der Waals surface area (Å²) in [7, 11) is 0. The molecule has 3 rings (SSSR count). The molecule has 5 nitrogen and oxygen atoms in total. The Bertz CT molecular complexity index is 697. The molecule has 0 radical (unpaired) electrons. The first-order chi connectivity index (χ1) is 11.3. The molecule has 1 aliphatic heterocycles. The number of amides is 1. The summed E-state index contributed by atoms with van der Waals surface area (Å²) in [6.45, 7) is 1.42. The SMILES string of the molecule is O=C(C=Cc1ccc2c(c1)OCCO2)NOCc1ccccc1. The van der Waals surface area contributed by atoms with Crippen molar-refractivity contribution in [3.05, 3.63) is 65.7 Å². The van der Waals surface area contributed by atoms with E-state index in [4.69, 9.17) is 14.3 Å². The summed E-state index contributed by atoms with van der Waals surface area (Å²) in [5.74, 6) is 1.10. The largest absolute Gasteiger partial charge is 0.486 e. The van der Waals surface area contributed by atoms with E-state index in [-0.39, 0.29) is 5.91 Å². The van der Waals surface area contributed by atoms with E-state index in [1.165, 1.54) is 6.08 Å². The van der Waals surface area contributed by atoms with Gasteiger partial charge in [0.2, 0.25) is 0 Å². The second-order valence-corrected chi connectivity index (χ2v) is 4.98. The van der Waals surface area contributed by atoms with E-state index in [2.05, 4.69) is 5.48 Å². The van der Waals surface area contributed by atoms with Crippen molar-refractivity contribution in [1.82, 2.24) is 5.48 Å². The first kappa shape index (κ1) is 15.1. The molecular formula is C18H17NO4. The van der Waals surface area contributed by atoms with Crippen LogP contribution in [0.25, 0.3) is 6.08 Å². The molecule has 0 spiro atoms. The van der Waals surface area contributed by atoms with E-state index in [9.17, 15) is 4.79 Å². The number of hydroxylamine groups is 1. The number of nitrogens with one attached hydrogen (secondary N) is 1. The highest BCUT2D eigenvalue weighted by molar-refractivity contribution is 5.91. The van der Waals surface area contributed by atoms with Gasteiger partial charge < -0.3 is 9.47 Å². The molecule has 0 saturated carbocycles. The molecule has 0 fully saturated rings. The zero-order valence-electron chi connectivity index (χ0n) is 12.5. The zero-order chi connectivity index (χ0) is 15.9. The van der Waals surface area contributed by atoms with Gasteiger partial charge in [0.1, 0.15) is 13.2 Å². The molecule has 1 aliphatic rings. The Labute approximate surface area is 134 Å². The van der Waals surface area contributed by atoms with Crippen molar-refractivity contribution >= 4 is 12.0 Å². The third kappa shape index (κ3) is 4.34. The molecule has 1 N–H and O–H groups in total. The topological polar surface area (TPSA) is 56.8 Å². The summed E-state index contributed by atoms with van der Waals surface area (Å²) in [5.41, 5.74) is 4.23. The second kappa shape index (κ2) is 7.47. The lowest BCUT2D eigenvalue weighted by atomic mass is 10.2. The Morgan fingerprint density at radius 3 is 2.70 bits per heavy atom. The average Bonchev–Trinajstić information content (AvgIpc) is 2.61. The van der Waals surface area contributed by atoms with Gasteiger partial charge in [0, 0.05) is 6.08 Å². The van der Waals surface area contributed by atoms with Crippen LogP contribution in [0.15, 0.2) is 54.6 Å². The summed E-state index contributed by atoms with van der Waals surface area (Å²) in [4.78, 5) is 16.9. The van der Waals surface area contributed by atoms with Crippen molar-refractivity contribution in [3.63, 3.8) is 0 Å². The fourth-order valence-corrected chi connectivity index (χ4v) is 2.13. The average molecular weight is 311 g/mol. The van der Waals surface area contributed by atoms with Crippen molar-refractivity contribution in [2.24, 2.45) is 0 Å². The molecule has 1 amide bonds. The number of carbonyl (C=O) groups excluding carboxylic acids is 1. The molecule has 0 bridgehead atoms. The standard InChI is InChI=1S/C18H17NO4/c20-18(19-23-13-15-4-2-1-3-5-15)9-7-14-6-8-16-17(12-14)22-11-10-21-16/h1-9,12H,10-11,13H2,(H,19,20). The number of hydrogen-bond donors (Lipinski definition) is 1. The van der Waals surface area contributed by atoms with E-state index in [0.29, 0.717) is 25.6 Å². The summed E-state index contributed by atoms with van der Waals surface area (Å²) in [6, 6.07) is 15.2. The number of carbonyl (C=O) groups is 1. The third-order valence-electron chi connectivity index (χ3n) is 3.25. The van der Waals surface area contributed by atoms with Gasteiger partial charge in [0.15, 0.2) is 11.5 Å². The summed E-state index contributed by atoms with van der Waals surface area (Å²) < 4.78 is 11.0. The van der Waals surface area contributed by atoms with Crippen LogP contribution >= 0.6 is 0 Å². The lowest BCUT2D eigenvalue weighted by molar-refractivity contribution is -0.129. The van der Waals surface area contributed by atoms with Gasteiger partial charge in [0.05, 0.1) is 6.61 Å². The smallest absolute Gasteiger partial charge is 0.267 e. The lowest BCUT2D eigenvalue weighted by Crippen LogP contribution is -2.21. The first-order valence-corrected chi connectivity index (χ1v) is 7.35. The van der Waals surface area contributed by atoms with Gasteiger partial charge >= 0.3 is 0 Å². The van der Waals surface area contributed by atoms with Crippen LogP contribution in [0.3, 0.4) is 0 Å². The maximum Gasteiger partial charge on any atom is 0.267 e. The molecule has 5 heteroatoms. The van der Waals surface area contributed by atoms with Gasteiger partial charge in [-0.3, -0.25) is 9.63 Å². The molecule has 2 aromatic carbocycles. The molecule has 23 heavy (non-hydrogen) atoms. The quantitative estimate of drug-likeness (QED) is 0.681. The highest BCUT2D eigenvalue weighted by atomic mass is 16.6. The monoisotopic (exact) mass is 311 g/mol. The van der Waals surface area contributed by atoms with E-state index in [0.717, 1.165) is 16.9 Å². The Hall–Kier alpha value is -2.79. The van der Waals surface area contributed by atoms with E-state index in [1.807, 2.05) is 48.5 Å². The molecule has 0 unspecified atom stereocenters. The van der Waals surface area contributed by atoms with Gasteiger partial charge in [-0.25, -0.2) is 5.48 Å². The maximum atomic E-state index is 11.7. The van der Waals surface area contributed by atoms with Gasteiger partial charge in [-0.2, -0.15) is 0 Å². The van der Waals surface area contributed by atoms with Crippen molar-refractivity contribution in [3.8, 4) is 11.5 Å². The van der Waals surface area contributed by atoms with E-state index < -0.39 is 0 Å². The number of ether oxygens (including phenoxy) is 2. The predicted octanol–water partition coefficient (Wildman–Crippen LogP) is 2.72. The molecule has 0 saturated heterocycles. The molecule has 0 aliphatic carbocycles. The number of benzene rings is 2. The van der Waals surface area contributed by atoms with Crippen molar-refractivity contribution in [2.75, 3.05) is 13.2 Å². The van der Waals surface area contributed by atoms with Crippen LogP contribution in [0.1, 0.15) is 11.1 Å². The van der Waals surface area contributed by atoms with Crippen LogP contribution in [-0.2, 0) is 16.2 Å². The van der Waals surface area contributed by atoms with Gasteiger partial charge in [0.25, 0.3) is 5.91 Å². The van der Waals surface area contributed by atoms with E-state index >= 15 is 0 Å². The van der Waals surface area contributed by atoms with Crippen LogP contribution in [0.5, 0.6) is 11.5 Å². The second-order valence-electron chi connectivity index (χ2n) is 4.98. The summed E-state index contributed by atoms with van der Waals surface area (Å²) in [6.07, 6.45) is 3.11. The van der Waals surface area contributed by atoms with Gasteiger partial charge in [-0.05, 0) is 29.3 Å². The molecule has 2 aromatic rings. The Morgan fingerprint density at radius 2 is 1.87 bits per heavy atom. The molecule has 118 valence electrons. The van der Waals surface area contributed by atoms with Crippen LogP contribution in [0, 0.1) is 0 Å². The van der Waals surface area contributed by atoms with Crippen molar-refractivity contribution in [1.29, 1.82) is 0 Å². The Morgan fingerprint density at radius 1 is 1.09 bits per heavy atom. The number of hydrogen-bond acceptors (Lipinski definition) is 4. The molecule has 0 aromatic heterocycles.